The smallest absolute Gasteiger partial charge is 0.199 e. The fourth-order valence-corrected chi connectivity index (χ4v) is 1.91. The molecule has 13 heavy (non-hydrogen) atoms. The fourth-order valence-electron chi connectivity index (χ4n) is 0.886. The van der Waals surface area contributed by atoms with Gasteiger partial charge in [0.2, 0.25) is 0 Å². The number of aryl methyl sites for hydroxylation is 1. The molecule has 0 radical (unpaired) electrons. The van der Waals surface area contributed by atoms with Crippen molar-refractivity contribution in [3.8, 4) is 6.07 Å². The largest absolute Gasteiger partial charge is 0.433 e. The normalized spacial score (nSPS) is 9.92. The number of aromatic nitrogens is 1. The van der Waals surface area contributed by atoms with Crippen LogP contribution >= 0.6 is 11.8 Å². The van der Waals surface area contributed by atoms with Gasteiger partial charge in [-0.3, -0.25) is 0 Å². The van der Waals surface area contributed by atoms with E-state index in [0.29, 0.717) is 16.7 Å². The molecule has 1 aromatic heterocycles. The average molecular weight is 196 g/mol. The van der Waals surface area contributed by atoms with E-state index in [1.165, 1.54) is 0 Å². The van der Waals surface area contributed by atoms with Crippen molar-refractivity contribution in [2.24, 2.45) is 0 Å². The van der Waals surface area contributed by atoms with Crippen molar-refractivity contribution in [1.29, 1.82) is 5.26 Å². The number of hydrogen-bond donors (Lipinski definition) is 0. The lowest BCUT2D eigenvalue weighted by atomic mass is 10.4. The van der Waals surface area contributed by atoms with Crippen molar-refractivity contribution >= 4 is 11.8 Å². The van der Waals surface area contributed by atoms with Crippen molar-refractivity contribution in [3.63, 3.8) is 0 Å². The van der Waals surface area contributed by atoms with Gasteiger partial charge in [-0.2, -0.15) is 5.26 Å². The molecule has 0 bridgehead atoms. The van der Waals surface area contributed by atoms with E-state index in [1.807, 2.05) is 6.07 Å². The monoisotopic (exact) mass is 196 g/mol. The van der Waals surface area contributed by atoms with Gasteiger partial charge in [0.25, 0.3) is 0 Å². The number of unbranched alkanes of at least 4 members (excludes halogenated alkanes) is 1. The third kappa shape index (κ3) is 2.78. The van der Waals surface area contributed by atoms with E-state index in [-0.39, 0.29) is 0 Å². The number of rotatable bonds is 4. The molecular formula is C9H12N2OS. The summed E-state index contributed by atoms with van der Waals surface area (Å²) in [6.07, 6.45) is 2.29. The number of thioether (sulfide) groups is 1. The van der Waals surface area contributed by atoms with Crippen LogP contribution < -0.4 is 0 Å². The third-order valence-corrected chi connectivity index (χ3v) is 2.57. The fraction of sp³-hybridized carbons (Fsp3) is 0.556. The molecule has 0 spiro atoms. The summed E-state index contributed by atoms with van der Waals surface area (Å²) in [5.74, 6) is 1.55. The summed E-state index contributed by atoms with van der Waals surface area (Å²) < 4.78 is 5.28. The first kappa shape index (κ1) is 10.1. The van der Waals surface area contributed by atoms with Crippen LogP contribution in [0.5, 0.6) is 0 Å². The Morgan fingerprint density at radius 1 is 1.62 bits per heavy atom. The first-order valence-electron chi connectivity index (χ1n) is 4.28. The lowest BCUT2D eigenvalue weighted by Crippen LogP contribution is -1.80. The Balaban J connectivity index is 2.60. The van der Waals surface area contributed by atoms with Crippen molar-refractivity contribution in [3.05, 3.63) is 11.6 Å². The average Bonchev–Trinajstić information content (AvgIpc) is 2.47. The van der Waals surface area contributed by atoms with Gasteiger partial charge in [0.05, 0.1) is 0 Å². The van der Waals surface area contributed by atoms with Gasteiger partial charge in [0, 0.05) is 12.7 Å². The highest BCUT2D eigenvalue weighted by Gasteiger charge is 2.09. The lowest BCUT2D eigenvalue weighted by Gasteiger charge is -1.94. The van der Waals surface area contributed by atoms with Crippen molar-refractivity contribution < 1.29 is 4.42 Å². The Morgan fingerprint density at radius 3 is 3.00 bits per heavy atom. The van der Waals surface area contributed by atoms with Crippen LogP contribution in [-0.4, -0.2) is 10.7 Å². The van der Waals surface area contributed by atoms with Gasteiger partial charge < -0.3 is 4.42 Å². The van der Waals surface area contributed by atoms with Gasteiger partial charge in [0.15, 0.2) is 16.7 Å². The molecule has 0 unspecified atom stereocenters. The van der Waals surface area contributed by atoms with Gasteiger partial charge in [-0.1, -0.05) is 25.1 Å². The molecule has 4 heteroatoms. The van der Waals surface area contributed by atoms with E-state index in [9.17, 15) is 0 Å². The zero-order chi connectivity index (χ0) is 9.68. The standard InChI is InChI=1S/C9H12N2OS/c1-3-4-5-13-9-8(6-10)11-7(2)12-9/h3-5H2,1-2H3. The summed E-state index contributed by atoms with van der Waals surface area (Å²) >= 11 is 1.57. The summed E-state index contributed by atoms with van der Waals surface area (Å²) in [7, 11) is 0. The van der Waals surface area contributed by atoms with E-state index < -0.39 is 0 Å². The SMILES string of the molecule is CCCCSc1oc(C)nc1C#N. The van der Waals surface area contributed by atoms with E-state index in [1.54, 1.807) is 18.7 Å². The van der Waals surface area contributed by atoms with Crippen LogP contribution in [0.3, 0.4) is 0 Å². The topological polar surface area (TPSA) is 49.8 Å². The maximum Gasteiger partial charge on any atom is 0.199 e. The minimum absolute atomic E-state index is 0.415. The Morgan fingerprint density at radius 2 is 2.38 bits per heavy atom. The minimum Gasteiger partial charge on any atom is -0.433 e. The summed E-state index contributed by atoms with van der Waals surface area (Å²) in [5.41, 5.74) is 0.415. The number of oxazole rings is 1. The Kier molecular flexibility index (Phi) is 3.84. The molecule has 0 aliphatic carbocycles. The molecule has 0 aliphatic rings. The molecule has 0 aromatic carbocycles. The summed E-state index contributed by atoms with van der Waals surface area (Å²) in [4.78, 5) is 3.96. The molecule has 0 N–H and O–H groups in total. The number of nitrogens with zero attached hydrogens (tertiary/aromatic N) is 2. The maximum absolute atomic E-state index is 8.70. The molecule has 0 aliphatic heterocycles. The van der Waals surface area contributed by atoms with Crippen LogP contribution in [0, 0.1) is 18.3 Å². The summed E-state index contributed by atoms with van der Waals surface area (Å²) in [6.45, 7) is 3.89. The minimum atomic E-state index is 0.415. The molecule has 0 saturated carbocycles. The van der Waals surface area contributed by atoms with E-state index in [4.69, 9.17) is 9.68 Å². The summed E-state index contributed by atoms with van der Waals surface area (Å²) in [5, 5.41) is 9.36. The third-order valence-electron chi connectivity index (χ3n) is 1.54. The molecule has 0 atom stereocenters. The highest BCUT2D eigenvalue weighted by Crippen LogP contribution is 2.23. The molecule has 1 heterocycles. The van der Waals surface area contributed by atoms with Crippen LogP contribution in [0.15, 0.2) is 9.51 Å². The van der Waals surface area contributed by atoms with Crippen molar-refractivity contribution in [2.45, 2.75) is 31.8 Å². The highest BCUT2D eigenvalue weighted by atomic mass is 32.2. The first-order valence-corrected chi connectivity index (χ1v) is 5.26. The first-order chi connectivity index (χ1) is 6.27. The molecule has 1 rings (SSSR count). The van der Waals surface area contributed by atoms with Gasteiger partial charge >= 0.3 is 0 Å². The Hall–Kier alpha value is -0.950. The van der Waals surface area contributed by atoms with Crippen LogP contribution in [0.1, 0.15) is 31.4 Å². The molecule has 1 aromatic rings. The maximum atomic E-state index is 8.70. The predicted octanol–water partition coefficient (Wildman–Crippen LogP) is 2.75. The predicted molar refractivity (Wildman–Crippen MR) is 51.6 cm³/mol. The molecular weight excluding hydrogens is 184 g/mol. The number of hydrogen-bond acceptors (Lipinski definition) is 4. The van der Waals surface area contributed by atoms with E-state index in [0.717, 1.165) is 18.6 Å². The summed E-state index contributed by atoms with van der Waals surface area (Å²) in [6, 6.07) is 2.02. The van der Waals surface area contributed by atoms with E-state index in [2.05, 4.69) is 11.9 Å². The Bertz CT molecular complexity index is 314. The van der Waals surface area contributed by atoms with Gasteiger partial charge in [-0.25, -0.2) is 4.98 Å². The van der Waals surface area contributed by atoms with Gasteiger partial charge in [0.1, 0.15) is 6.07 Å². The molecule has 3 nitrogen and oxygen atoms in total. The second-order valence-electron chi connectivity index (χ2n) is 2.68. The second-order valence-corrected chi connectivity index (χ2v) is 3.75. The van der Waals surface area contributed by atoms with Gasteiger partial charge in [-0.05, 0) is 6.42 Å². The van der Waals surface area contributed by atoms with Crippen LogP contribution in [0.2, 0.25) is 0 Å². The number of nitriles is 1. The molecule has 0 saturated heterocycles. The zero-order valence-corrected chi connectivity index (χ0v) is 8.65. The van der Waals surface area contributed by atoms with Crippen LogP contribution in [0.4, 0.5) is 0 Å². The van der Waals surface area contributed by atoms with Crippen molar-refractivity contribution in [1.82, 2.24) is 4.98 Å². The Labute approximate surface area is 82.2 Å². The highest BCUT2D eigenvalue weighted by molar-refractivity contribution is 7.99. The second kappa shape index (κ2) is 4.93. The quantitative estimate of drug-likeness (QED) is 0.548. The van der Waals surface area contributed by atoms with Crippen molar-refractivity contribution in [2.75, 3.05) is 5.75 Å². The van der Waals surface area contributed by atoms with Crippen LogP contribution in [0.25, 0.3) is 0 Å². The van der Waals surface area contributed by atoms with Crippen LogP contribution in [-0.2, 0) is 0 Å². The van der Waals surface area contributed by atoms with E-state index >= 15 is 0 Å². The molecule has 0 fully saturated rings. The molecule has 0 amide bonds. The molecule has 70 valence electrons. The zero-order valence-electron chi connectivity index (χ0n) is 7.83. The lowest BCUT2D eigenvalue weighted by molar-refractivity contribution is 0.440. The van der Waals surface area contributed by atoms with Gasteiger partial charge in [-0.15, -0.1) is 0 Å².